The SMILES string of the molecule is C=CCCNCc1ccccc1COC. The Morgan fingerprint density at radius 1 is 1.33 bits per heavy atom. The van der Waals surface area contributed by atoms with Gasteiger partial charge in [0.25, 0.3) is 0 Å². The van der Waals surface area contributed by atoms with E-state index >= 15 is 0 Å². The zero-order chi connectivity index (χ0) is 10.9. The molecular weight excluding hydrogens is 186 g/mol. The molecule has 0 aliphatic carbocycles. The molecule has 0 aliphatic heterocycles. The maximum absolute atomic E-state index is 5.15. The second-order valence-electron chi connectivity index (χ2n) is 3.46. The molecule has 2 nitrogen and oxygen atoms in total. The summed E-state index contributed by atoms with van der Waals surface area (Å²) in [5.41, 5.74) is 2.56. The molecule has 0 amide bonds. The Labute approximate surface area is 92.0 Å². The van der Waals surface area contributed by atoms with E-state index in [9.17, 15) is 0 Å². The maximum Gasteiger partial charge on any atom is 0.0716 e. The molecular formula is C13H19NO. The van der Waals surface area contributed by atoms with E-state index in [-0.39, 0.29) is 0 Å². The highest BCUT2D eigenvalue weighted by Gasteiger charge is 1.99. The fourth-order valence-corrected chi connectivity index (χ4v) is 1.45. The molecule has 0 radical (unpaired) electrons. The lowest BCUT2D eigenvalue weighted by Crippen LogP contribution is -2.15. The maximum atomic E-state index is 5.15. The Morgan fingerprint density at radius 2 is 2.07 bits per heavy atom. The summed E-state index contributed by atoms with van der Waals surface area (Å²) in [7, 11) is 1.72. The Bertz CT molecular complexity index is 296. The van der Waals surface area contributed by atoms with Crippen molar-refractivity contribution in [3.8, 4) is 0 Å². The summed E-state index contributed by atoms with van der Waals surface area (Å²) in [6.07, 6.45) is 2.93. The van der Waals surface area contributed by atoms with Gasteiger partial charge in [0.15, 0.2) is 0 Å². The first-order valence-corrected chi connectivity index (χ1v) is 5.25. The lowest BCUT2D eigenvalue weighted by molar-refractivity contribution is 0.184. The molecule has 0 spiro atoms. The van der Waals surface area contributed by atoms with Gasteiger partial charge < -0.3 is 10.1 Å². The molecule has 0 bridgehead atoms. The molecule has 1 rings (SSSR count). The number of benzene rings is 1. The van der Waals surface area contributed by atoms with E-state index in [1.807, 2.05) is 12.1 Å². The van der Waals surface area contributed by atoms with Crippen LogP contribution >= 0.6 is 0 Å². The summed E-state index contributed by atoms with van der Waals surface area (Å²) in [6.45, 7) is 6.25. The van der Waals surface area contributed by atoms with Crippen molar-refractivity contribution in [2.45, 2.75) is 19.6 Å². The molecule has 82 valence electrons. The predicted octanol–water partition coefficient (Wildman–Crippen LogP) is 2.50. The smallest absolute Gasteiger partial charge is 0.0716 e. The summed E-state index contributed by atoms with van der Waals surface area (Å²) in [4.78, 5) is 0. The van der Waals surface area contributed by atoms with Gasteiger partial charge in [-0.15, -0.1) is 6.58 Å². The highest BCUT2D eigenvalue weighted by molar-refractivity contribution is 5.26. The summed E-state index contributed by atoms with van der Waals surface area (Å²) in [5, 5.41) is 3.37. The largest absolute Gasteiger partial charge is 0.380 e. The van der Waals surface area contributed by atoms with E-state index in [1.54, 1.807) is 7.11 Å². The van der Waals surface area contributed by atoms with Crippen molar-refractivity contribution in [3.05, 3.63) is 48.0 Å². The minimum atomic E-state index is 0.680. The van der Waals surface area contributed by atoms with Crippen molar-refractivity contribution >= 4 is 0 Å². The van der Waals surface area contributed by atoms with Crippen LogP contribution in [-0.4, -0.2) is 13.7 Å². The fraction of sp³-hybridized carbons (Fsp3) is 0.385. The van der Waals surface area contributed by atoms with Gasteiger partial charge in [-0.2, -0.15) is 0 Å². The first-order valence-electron chi connectivity index (χ1n) is 5.25. The number of nitrogens with one attached hydrogen (secondary N) is 1. The quantitative estimate of drug-likeness (QED) is 0.545. The summed E-state index contributed by atoms with van der Waals surface area (Å²) >= 11 is 0. The van der Waals surface area contributed by atoms with E-state index in [0.717, 1.165) is 19.5 Å². The second-order valence-corrected chi connectivity index (χ2v) is 3.46. The van der Waals surface area contributed by atoms with Crippen LogP contribution in [-0.2, 0) is 17.9 Å². The van der Waals surface area contributed by atoms with E-state index in [0.29, 0.717) is 6.61 Å². The van der Waals surface area contributed by atoms with Crippen LogP contribution in [0.1, 0.15) is 17.5 Å². The van der Waals surface area contributed by atoms with Gasteiger partial charge in [-0.3, -0.25) is 0 Å². The minimum absolute atomic E-state index is 0.680. The van der Waals surface area contributed by atoms with Crippen LogP contribution in [0.5, 0.6) is 0 Å². The Morgan fingerprint density at radius 3 is 2.73 bits per heavy atom. The van der Waals surface area contributed by atoms with Crippen molar-refractivity contribution in [1.29, 1.82) is 0 Å². The van der Waals surface area contributed by atoms with E-state index in [4.69, 9.17) is 4.74 Å². The molecule has 0 aromatic heterocycles. The van der Waals surface area contributed by atoms with Gasteiger partial charge in [0.2, 0.25) is 0 Å². The van der Waals surface area contributed by atoms with E-state index in [1.165, 1.54) is 11.1 Å². The Kier molecular flexibility index (Phi) is 5.74. The van der Waals surface area contributed by atoms with Crippen molar-refractivity contribution in [1.82, 2.24) is 5.32 Å². The fourth-order valence-electron chi connectivity index (χ4n) is 1.45. The van der Waals surface area contributed by atoms with Gasteiger partial charge in [0.05, 0.1) is 6.61 Å². The molecule has 1 aromatic rings. The van der Waals surface area contributed by atoms with Gasteiger partial charge in [-0.05, 0) is 24.1 Å². The predicted molar refractivity (Wildman–Crippen MR) is 63.7 cm³/mol. The summed E-state index contributed by atoms with van der Waals surface area (Å²) in [6, 6.07) is 8.34. The lowest BCUT2D eigenvalue weighted by Gasteiger charge is -2.09. The van der Waals surface area contributed by atoms with Crippen LogP contribution in [0.15, 0.2) is 36.9 Å². The molecule has 2 heteroatoms. The average Bonchev–Trinajstić information content (AvgIpc) is 2.27. The molecule has 0 unspecified atom stereocenters. The molecule has 0 aliphatic rings. The third-order valence-electron chi connectivity index (χ3n) is 2.26. The topological polar surface area (TPSA) is 21.3 Å². The van der Waals surface area contributed by atoms with Crippen molar-refractivity contribution < 1.29 is 4.74 Å². The van der Waals surface area contributed by atoms with Crippen molar-refractivity contribution in [3.63, 3.8) is 0 Å². The van der Waals surface area contributed by atoms with Crippen molar-refractivity contribution in [2.75, 3.05) is 13.7 Å². The van der Waals surface area contributed by atoms with Gasteiger partial charge in [-0.1, -0.05) is 30.3 Å². The molecule has 0 heterocycles. The summed E-state index contributed by atoms with van der Waals surface area (Å²) < 4.78 is 5.15. The van der Waals surface area contributed by atoms with Crippen LogP contribution in [0.4, 0.5) is 0 Å². The first-order chi connectivity index (χ1) is 7.38. The Balaban J connectivity index is 2.47. The summed E-state index contributed by atoms with van der Waals surface area (Å²) in [5.74, 6) is 0. The van der Waals surface area contributed by atoms with Crippen LogP contribution < -0.4 is 5.32 Å². The molecule has 1 aromatic carbocycles. The molecule has 15 heavy (non-hydrogen) atoms. The monoisotopic (exact) mass is 205 g/mol. The van der Waals surface area contributed by atoms with Gasteiger partial charge in [-0.25, -0.2) is 0 Å². The van der Waals surface area contributed by atoms with Crippen LogP contribution in [0.3, 0.4) is 0 Å². The van der Waals surface area contributed by atoms with Gasteiger partial charge >= 0.3 is 0 Å². The highest BCUT2D eigenvalue weighted by atomic mass is 16.5. The average molecular weight is 205 g/mol. The number of hydrogen-bond acceptors (Lipinski definition) is 2. The zero-order valence-corrected chi connectivity index (χ0v) is 9.33. The zero-order valence-electron chi connectivity index (χ0n) is 9.33. The number of methoxy groups -OCH3 is 1. The normalized spacial score (nSPS) is 10.2. The van der Waals surface area contributed by atoms with E-state index < -0.39 is 0 Å². The highest BCUT2D eigenvalue weighted by Crippen LogP contribution is 2.09. The van der Waals surface area contributed by atoms with Crippen molar-refractivity contribution in [2.24, 2.45) is 0 Å². The number of hydrogen-bond donors (Lipinski definition) is 1. The van der Waals surface area contributed by atoms with Crippen LogP contribution in [0.2, 0.25) is 0 Å². The standard InChI is InChI=1S/C13H19NO/c1-3-4-9-14-10-12-7-5-6-8-13(12)11-15-2/h3,5-8,14H,1,4,9-11H2,2H3. The first kappa shape index (κ1) is 12.0. The third-order valence-corrected chi connectivity index (χ3v) is 2.26. The molecule has 0 atom stereocenters. The lowest BCUT2D eigenvalue weighted by atomic mass is 10.1. The van der Waals surface area contributed by atoms with Crippen LogP contribution in [0, 0.1) is 0 Å². The minimum Gasteiger partial charge on any atom is -0.380 e. The van der Waals surface area contributed by atoms with E-state index in [2.05, 4.69) is 30.1 Å². The molecule has 0 saturated carbocycles. The molecule has 0 saturated heterocycles. The number of rotatable bonds is 7. The Hall–Kier alpha value is -1.12. The van der Waals surface area contributed by atoms with Gasteiger partial charge in [0.1, 0.15) is 0 Å². The third kappa shape index (κ3) is 4.28. The van der Waals surface area contributed by atoms with Crippen LogP contribution in [0.25, 0.3) is 0 Å². The second kappa shape index (κ2) is 7.21. The van der Waals surface area contributed by atoms with Gasteiger partial charge in [0, 0.05) is 13.7 Å². The number of ether oxygens (including phenoxy) is 1. The molecule has 0 fully saturated rings. The molecule has 1 N–H and O–H groups in total.